The number of halogens is 1. The minimum Gasteiger partial charge on any atom is -0.395 e. The van der Waals surface area contributed by atoms with Crippen molar-refractivity contribution >= 4 is 23.4 Å². The van der Waals surface area contributed by atoms with Crippen LogP contribution < -0.4 is 9.80 Å². The smallest absolute Gasteiger partial charge is 0.227 e. The van der Waals surface area contributed by atoms with Gasteiger partial charge in [-0.2, -0.15) is 4.98 Å². The number of nitrogens with zero attached hydrogens (tertiary/aromatic N) is 6. The number of aliphatic hydroxyl groups excluding tert-OH is 2. The summed E-state index contributed by atoms with van der Waals surface area (Å²) < 4.78 is 0. The van der Waals surface area contributed by atoms with Crippen LogP contribution in [0.3, 0.4) is 0 Å². The number of piperazine rings is 2. The van der Waals surface area contributed by atoms with Gasteiger partial charge in [0.2, 0.25) is 5.95 Å². The summed E-state index contributed by atoms with van der Waals surface area (Å²) in [5, 5.41) is 18.7. The summed E-state index contributed by atoms with van der Waals surface area (Å²) in [4.78, 5) is 18.0. The predicted molar refractivity (Wildman–Crippen MR) is 98.5 cm³/mol. The Morgan fingerprint density at radius 2 is 1.36 bits per heavy atom. The lowest BCUT2D eigenvalue weighted by Crippen LogP contribution is -2.48. The van der Waals surface area contributed by atoms with E-state index in [9.17, 15) is 0 Å². The fourth-order valence-corrected chi connectivity index (χ4v) is 3.57. The predicted octanol–water partition coefficient (Wildman–Crippen LogP) is -0.641. The molecule has 3 rings (SSSR count). The van der Waals surface area contributed by atoms with Crippen LogP contribution in [0.5, 0.6) is 0 Å². The van der Waals surface area contributed by atoms with Crippen molar-refractivity contribution in [3.63, 3.8) is 0 Å². The van der Waals surface area contributed by atoms with Gasteiger partial charge in [-0.15, -0.1) is 0 Å². The molecular formula is C16H27ClN6O2. The van der Waals surface area contributed by atoms with E-state index in [1.165, 1.54) is 0 Å². The second kappa shape index (κ2) is 8.95. The number of aliphatic hydroxyl groups is 2. The molecule has 1 aromatic rings. The molecular weight excluding hydrogens is 344 g/mol. The number of β-amino-alcohol motifs (C(OH)–C–C–N with tert-alkyl or cyclic N) is 2. The van der Waals surface area contributed by atoms with Gasteiger partial charge in [-0.25, -0.2) is 4.98 Å². The van der Waals surface area contributed by atoms with Crippen LogP contribution in [0.25, 0.3) is 0 Å². The molecule has 0 radical (unpaired) electrons. The summed E-state index contributed by atoms with van der Waals surface area (Å²) >= 11 is 6.36. The van der Waals surface area contributed by atoms with E-state index >= 15 is 0 Å². The van der Waals surface area contributed by atoms with Crippen LogP contribution in [0.2, 0.25) is 5.02 Å². The van der Waals surface area contributed by atoms with E-state index in [0.29, 0.717) is 11.6 Å². The third kappa shape index (κ3) is 4.71. The molecule has 140 valence electrons. The van der Waals surface area contributed by atoms with Crippen LogP contribution in [-0.2, 0) is 0 Å². The topological polar surface area (TPSA) is 79.2 Å². The summed E-state index contributed by atoms with van der Waals surface area (Å²) in [6, 6.07) is 0. The number of aromatic nitrogens is 2. The maximum Gasteiger partial charge on any atom is 0.227 e. The largest absolute Gasteiger partial charge is 0.395 e. The molecule has 2 aliphatic rings. The number of hydrogen-bond donors (Lipinski definition) is 2. The summed E-state index contributed by atoms with van der Waals surface area (Å²) in [6.45, 7) is 8.84. The van der Waals surface area contributed by atoms with Crippen molar-refractivity contribution in [3.05, 3.63) is 11.2 Å². The first-order valence-electron chi connectivity index (χ1n) is 8.90. The Labute approximate surface area is 153 Å². The Morgan fingerprint density at radius 1 is 0.840 bits per heavy atom. The van der Waals surface area contributed by atoms with Crippen molar-refractivity contribution < 1.29 is 10.2 Å². The quantitative estimate of drug-likeness (QED) is 0.684. The third-order valence-corrected chi connectivity index (χ3v) is 5.14. The molecule has 3 heterocycles. The molecule has 8 nitrogen and oxygen atoms in total. The van der Waals surface area contributed by atoms with Crippen molar-refractivity contribution in [2.45, 2.75) is 0 Å². The van der Waals surface area contributed by atoms with Crippen LogP contribution in [0.1, 0.15) is 0 Å². The monoisotopic (exact) mass is 370 g/mol. The molecule has 2 fully saturated rings. The van der Waals surface area contributed by atoms with Crippen LogP contribution in [0.4, 0.5) is 11.8 Å². The van der Waals surface area contributed by atoms with Crippen LogP contribution in [-0.4, -0.2) is 109 Å². The lowest BCUT2D eigenvalue weighted by Gasteiger charge is -2.37. The Hall–Kier alpha value is -1.19. The Balaban J connectivity index is 1.63. The zero-order chi connectivity index (χ0) is 17.6. The van der Waals surface area contributed by atoms with E-state index in [1.807, 2.05) is 0 Å². The first kappa shape index (κ1) is 18.6. The molecule has 1 aromatic heterocycles. The SMILES string of the molecule is OCCN1CCN(c2ncc(Cl)c(N3CCN(CCO)CC3)n2)CC1. The fraction of sp³-hybridized carbons (Fsp3) is 0.750. The molecule has 0 bridgehead atoms. The summed E-state index contributed by atoms with van der Waals surface area (Å²) in [6.07, 6.45) is 1.69. The maximum atomic E-state index is 9.06. The lowest BCUT2D eigenvalue weighted by molar-refractivity contribution is 0.188. The fourth-order valence-electron chi connectivity index (χ4n) is 3.36. The maximum absolute atomic E-state index is 9.06. The van der Waals surface area contributed by atoms with E-state index in [4.69, 9.17) is 26.8 Å². The van der Waals surface area contributed by atoms with Crippen molar-refractivity contribution in [2.24, 2.45) is 0 Å². The van der Waals surface area contributed by atoms with Gasteiger partial charge in [-0.05, 0) is 0 Å². The first-order chi connectivity index (χ1) is 12.2. The zero-order valence-corrected chi connectivity index (χ0v) is 15.3. The molecule has 0 aromatic carbocycles. The van der Waals surface area contributed by atoms with E-state index in [-0.39, 0.29) is 13.2 Å². The van der Waals surface area contributed by atoms with Gasteiger partial charge < -0.3 is 20.0 Å². The molecule has 2 saturated heterocycles. The third-order valence-electron chi connectivity index (χ3n) is 4.87. The van der Waals surface area contributed by atoms with Crippen molar-refractivity contribution in [1.82, 2.24) is 19.8 Å². The van der Waals surface area contributed by atoms with Gasteiger partial charge in [0, 0.05) is 65.4 Å². The molecule has 2 aliphatic heterocycles. The Bertz CT molecular complexity index is 547. The molecule has 0 spiro atoms. The summed E-state index contributed by atoms with van der Waals surface area (Å²) in [5.74, 6) is 1.52. The highest BCUT2D eigenvalue weighted by atomic mass is 35.5. The molecule has 25 heavy (non-hydrogen) atoms. The minimum atomic E-state index is 0.195. The molecule has 0 atom stereocenters. The molecule has 0 amide bonds. The van der Waals surface area contributed by atoms with E-state index in [2.05, 4.69) is 24.6 Å². The highest BCUT2D eigenvalue weighted by Crippen LogP contribution is 2.26. The van der Waals surface area contributed by atoms with Gasteiger partial charge in [-0.1, -0.05) is 11.6 Å². The molecule has 9 heteroatoms. The average Bonchev–Trinajstić information content (AvgIpc) is 2.64. The van der Waals surface area contributed by atoms with Crippen LogP contribution in [0.15, 0.2) is 6.20 Å². The lowest BCUT2D eigenvalue weighted by atomic mass is 10.3. The minimum absolute atomic E-state index is 0.195. The van der Waals surface area contributed by atoms with Crippen molar-refractivity contribution in [2.75, 3.05) is 88.5 Å². The van der Waals surface area contributed by atoms with Crippen molar-refractivity contribution in [1.29, 1.82) is 0 Å². The Morgan fingerprint density at radius 3 is 1.88 bits per heavy atom. The van der Waals surface area contributed by atoms with E-state index in [0.717, 1.165) is 70.7 Å². The molecule has 0 saturated carbocycles. The van der Waals surface area contributed by atoms with E-state index in [1.54, 1.807) is 6.20 Å². The second-order valence-electron chi connectivity index (χ2n) is 6.45. The van der Waals surface area contributed by atoms with Gasteiger partial charge >= 0.3 is 0 Å². The van der Waals surface area contributed by atoms with Gasteiger partial charge in [0.25, 0.3) is 0 Å². The highest BCUT2D eigenvalue weighted by molar-refractivity contribution is 6.32. The standard InChI is InChI=1S/C16H27ClN6O2/c17-14-13-18-16(23-7-3-21(4-8-23)10-12-25)19-15(14)22-5-1-20(2-6-22)9-11-24/h13,24-25H,1-12H2. The average molecular weight is 371 g/mol. The zero-order valence-electron chi connectivity index (χ0n) is 14.5. The Kier molecular flexibility index (Phi) is 6.66. The highest BCUT2D eigenvalue weighted by Gasteiger charge is 2.23. The number of rotatable bonds is 6. The summed E-state index contributed by atoms with van der Waals surface area (Å²) in [7, 11) is 0. The normalized spacial score (nSPS) is 20.3. The van der Waals surface area contributed by atoms with Gasteiger partial charge in [0.05, 0.1) is 19.4 Å². The van der Waals surface area contributed by atoms with E-state index < -0.39 is 0 Å². The van der Waals surface area contributed by atoms with Gasteiger partial charge in [0.15, 0.2) is 5.82 Å². The first-order valence-corrected chi connectivity index (χ1v) is 9.28. The van der Waals surface area contributed by atoms with Crippen LogP contribution >= 0.6 is 11.6 Å². The molecule has 0 unspecified atom stereocenters. The number of anilines is 2. The van der Waals surface area contributed by atoms with Gasteiger partial charge in [-0.3, -0.25) is 9.80 Å². The molecule has 0 aliphatic carbocycles. The van der Waals surface area contributed by atoms with Crippen LogP contribution in [0, 0.1) is 0 Å². The van der Waals surface area contributed by atoms with Crippen molar-refractivity contribution in [3.8, 4) is 0 Å². The summed E-state index contributed by atoms with van der Waals surface area (Å²) in [5.41, 5.74) is 0. The second-order valence-corrected chi connectivity index (χ2v) is 6.85. The molecule has 2 N–H and O–H groups in total. The van der Waals surface area contributed by atoms with Gasteiger partial charge in [0.1, 0.15) is 5.02 Å². The number of hydrogen-bond acceptors (Lipinski definition) is 8.